The van der Waals surface area contributed by atoms with E-state index in [1.807, 2.05) is 24.3 Å². The number of anilines is 1. The van der Waals surface area contributed by atoms with E-state index < -0.39 is 10.0 Å². The minimum absolute atomic E-state index is 0.489. The highest BCUT2D eigenvalue weighted by Crippen LogP contribution is 2.11. The van der Waals surface area contributed by atoms with Crippen LogP contribution in [0.4, 0.5) is 5.69 Å². The van der Waals surface area contributed by atoms with Gasteiger partial charge in [0.25, 0.3) is 0 Å². The first-order valence-corrected chi connectivity index (χ1v) is 6.35. The molecule has 0 saturated heterocycles. The largest absolute Gasteiger partial charge is 0.327 e. The van der Waals surface area contributed by atoms with Crippen LogP contribution in [0.5, 0.6) is 0 Å². The predicted octanol–water partition coefficient (Wildman–Crippen LogP) is 1.03. The highest BCUT2D eigenvalue weighted by atomic mass is 32.2. The fourth-order valence-electron chi connectivity index (χ4n) is 1.08. The van der Waals surface area contributed by atoms with Crippen molar-refractivity contribution in [1.29, 1.82) is 0 Å². The molecule has 0 bridgehead atoms. The van der Waals surface area contributed by atoms with Gasteiger partial charge in [-0.1, -0.05) is 24.3 Å². The van der Waals surface area contributed by atoms with E-state index in [-0.39, 0.29) is 0 Å². The van der Waals surface area contributed by atoms with E-state index in [4.69, 9.17) is 5.73 Å². The second-order valence-corrected chi connectivity index (χ2v) is 4.88. The molecule has 0 saturated carbocycles. The van der Waals surface area contributed by atoms with Crippen LogP contribution in [0.25, 0.3) is 6.08 Å². The van der Waals surface area contributed by atoms with E-state index in [1.165, 1.54) is 0 Å². The average Bonchev–Trinajstić information content (AvgIpc) is 2.14. The van der Waals surface area contributed by atoms with Gasteiger partial charge in [0, 0.05) is 12.2 Å². The van der Waals surface area contributed by atoms with E-state index in [9.17, 15) is 8.42 Å². The van der Waals surface area contributed by atoms with Gasteiger partial charge in [-0.15, -0.1) is 0 Å². The van der Waals surface area contributed by atoms with Gasteiger partial charge >= 0.3 is 0 Å². The summed E-state index contributed by atoms with van der Waals surface area (Å²) in [5.74, 6) is 0. The molecule has 0 amide bonds. The van der Waals surface area contributed by atoms with Gasteiger partial charge in [-0.2, -0.15) is 0 Å². The molecule has 0 aliphatic heterocycles. The summed E-state index contributed by atoms with van der Waals surface area (Å²) in [6, 6.07) is 7.05. The molecule has 4 nitrogen and oxygen atoms in total. The number of nitrogens with one attached hydrogen (secondary N) is 1. The number of benzene rings is 1. The first-order valence-electron chi connectivity index (χ1n) is 4.46. The Kier molecular flexibility index (Phi) is 3.88. The molecular weight excluding hydrogens is 212 g/mol. The Labute approximate surface area is 89.9 Å². The molecule has 0 spiro atoms. The molecule has 0 heterocycles. The Morgan fingerprint density at radius 3 is 2.40 bits per heavy atom. The third kappa shape index (κ3) is 4.62. The maximum absolute atomic E-state index is 10.9. The summed E-state index contributed by atoms with van der Waals surface area (Å²) < 4.78 is 24.2. The van der Waals surface area contributed by atoms with Gasteiger partial charge in [0.15, 0.2) is 0 Å². The maximum Gasteiger partial charge on any atom is 0.229 e. The second-order valence-electron chi connectivity index (χ2n) is 3.13. The van der Waals surface area contributed by atoms with E-state index in [1.54, 1.807) is 12.1 Å². The standard InChI is InChI=1S/C10H14N2O2S/c1-15(13,14)12-10-6-4-9(5-7-10)3-2-8-11/h2-7,12H,8,11H2,1H3/b3-2+. The molecule has 5 heteroatoms. The van der Waals surface area contributed by atoms with Crippen LogP contribution >= 0.6 is 0 Å². The van der Waals surface area contributed by atoms with Crippen molar-refractivity contribution in [3.8, 4) is 0 Å². The smallest absolute Gasteiger partial charge is 0.229 e. The van der Waals surface area contributed by atoms with Crippen LogP contribution in [0.1, 0.15) is 5.56 Å². The molecule has 1 aromatic carbocycles. The van der Waals surface area contributed by atoms with Gasteiger partial charge in [0.2, 0.25) is 10.0 Å². The quantitative estimate of drug-likeness (QED) is 0.805. The molecule has 0 aliphatic carbocycles. The summed E-state index contributed by atoms with van der Waals surface area (Å²) in [6.07, 6.45) is 4.83. The minimum atomic E-state index is -3.19. The summed E-state index contributed by atoms with van der Waals surface area (Å²) in [7, 11) is -3.19. The molecule has 82 valence electrons. The van der Waals surface area contributed by atoms with Crippen LogP contribution < -0.4 is 10.5 Å². The maximum atomic E-state index is 10.9. The first kappa shape index (κ1) is 11.7. The zero-order valence-electron chi connectivity index (χ0n) is 8.47. The normalized spacial score (nSPS) is 11.9. The highest BCUT2D eigenvalue weighted by Gasteiger charge is 2.00. The van der Waals surface area contributed by atoms with Gasteiger partial charge in [0.05, 0.1) is 6.26 Å². The third-order valence-corrected chi connectivity index (χ3v) is 2.27. The first-order chi connectivity index (χ1) is 7.01. The van der Waals surface area contributed by atoms with Gasteiger partial charge in [-0.05, 0) is 17.7 Å². The lowest BCUT2D eigenvalue weighted by Gasteiger charge is -2.03. The van der Waals surface area contributed by atoms with Crippen LogP contribution in [-0.4, -0.2) is 21.2 Å². The lowest BCUT2D eigenvalue weighted by Crippen LogP contribution is -2.09. The highest BCUT2D eigenvalue weighted by molar-refractivity contribution is 7.92. The van der Waals surface area contributed by atoms with Crippen LogP contribution in [-0.2, 0) is 10.0 Å². The molecule has 1 rings (SSSR count). The van der Waals surface area contributed by atoms with Crippen molar-refractivity contribution in [2.24, 2.45) is 5.73 Å². The molecule has 0 unspecified atom stereocenters. The Bertz CT molecular complexity index is 435. The van der Waals surface area contributed by atoms with Gasteiger partial charge in [-0.25, -0.2) is 8.42 Å². The van der Waals surface area contributed by atoms with Crippen LogP contribution in [0.3, 0.4) is 0 Å². The fraction of sp³-hybridized carbons (Fsp3) is 0.200. The molecular formula is C10H14N2O2S. The minimum Gasteiger partial charge on any atom is -0.327 e. The summed E-state index contributed by atoms with van der Waals surface area (Å²) in [5, 5.41) is 0. The number of hydrogen-bond donors (Lipinski definition) is 2. The Morgan fingerprint density at radius 2 is 1.93 bits per heavy atom. The Hall–Kier alpha value is -1.33. The van der Waals surface area contributed by atoms with Crippen molar-refractivity contribution in [2.45, 2.75) is 0 Å². The van der Waals surface area contributed by atoms with E-state index >= 15 is 0 Å². The number of rotatable bonds is 4. The third-order valence-electron chi connectivity index (χ3n) is 1.66. The van der Waals surface area contributed by atoms with Crippen LogP contribution in [0.2, 0.25) is 0 Å². The van der Waals surface area contributed by atoms with Gasteiger partial charge in [0.1, 0.15) is 0 Å². The van der Waals surface area contributed by atoms with Gasteiger partial charge in [-0.3, -0.25) is 4.72 Å². The molecule has 0 fully saturated rings. The van der Waals surface area contributed by atoms with Crippen molar-refractivity contribution < 1.29 is 8.42 Å². The number of sulfonamides is 1. The molecule has 0 atom stereocenters. The van der Waals surface area contributed by atoms with Crippen LogP contribution in [0.15, 0.2) is 30.3 Å². The molecule has 0 radical (unpaired) electrons. The lowest BCUT2D eigenvalue weighted by atomic mass is 10.2. The summed E-state index contributed by atoms with van der Waals surface area (Å²) in [6.45, 7) is 0.489. The van der Waals surface area contributed by atoms with Crippen molar-refractivity contribution >= 4 is 21.8 Å². The molecule has 3 N–H and O–H groups in total. The molecule has 0 aromatic heterocycles. The van der Waals surface area contributed by atoms with Gasteiger partial charge < -0.3 is 5.73 Å². The SMILES string of the molecule is CS(=O)(=O)Nc1ccc(/C=C/CN)cc1. The lowest BCUT2D eigenvalue weighted by molar-refractivity contribution is 0.607. The Balaban J connectivity index is 2.77. The van der Waals surface area contributed by atoms with E-state index in [0.29, 0.717) is 12.2 Å². The molecule has 1 aromatic rings. The topological polar surface area (TPSA) is 72.2 Å². The number of nitrogens with two attached hydrogens (primary N) is 1. The van der Waals surface area contributed by atoms with Crippen molar-refractivity contribution in [3.05, 3.63) is 35.9 Å². The average molecular weight is 226 g/mol. The van der Waals surface area contributed by atoms with Crippen molar-refractivity contribution in [1.82, 2.24) is 0 Å². The van der Waals surface area contributed by atoms with Crippen molar-refractivity contribution in [3.63, 3.8) is 0 Å². The Morgan fingerprint density at radius 1 is 1.33 bits per heavy atom. The molecule has 15 heavy (non-hydrogen) atoms. The second kappa shape index (κ2) is 4.95. The monoisotopic (exact) mass is 226 g/mol. The number of hydrogen-bond acceptors (Lipinski definition) is 3. The summed E-state index contributed by atoms with van der Waals surface area (Å²) in [5.41, 5.74) is 6.85. The summed E-state index contributed by atoms with van der Waals surface area (Å²) >= 11 is 0. The van der Waals surface area contributed by atoms with Crippen LogP contribution in [0, 0.1) is 0 Å². The summed E-state index contributed by atoms with van der Waals surface area (Å²) in [4.78, 5) is 0. The van der Waals surface area contributed by atoms with E-state index in [0.717, 1.165) is 11.8 Å². The zero-order valence-corrected chi connectivity index (χ0v) is 9.29. The zero-order chi connectivity index (χ0) is 11.3. The predicted molar refractivity (Wildman–Crippen MR) is 63.0 cm³/mol. The van der Waals surface area contributed by atoms with Crippen molar-refractivity contribution in [2.75, 3.05) is 17.5 Å². The molecule has 0 aliphatic rings. The van der Waals surface area contributed by atoms with E-state index in [2.05, 4.69) is 4.72 Å². The fourth-order valence-corrected chi connectivity index (χ4v) is 1.64.